The monoisotopic (exact) mass is 283 g/mol. The van der Waals surface area contributed by atoms with Crippen molar-refractivity contribution in [1.29, 1.82) is 0 Å². The van der Waals surface area contributed by atoms with Crippen LogP contribution in [0.3, 0.4) is 0 Å². The molecular weight excluding hydrogens is 261 g/mol. The molecule has 0 saturated carbocycles. The van der Waals surface area contributed by atoms with Crippen molar-refractivity contribution in [3.05, 3.63) is 29.6 Å². The van der Waals surface area contributed by atoms with E-state index in [1.807, 2.05) is 13.8 Å². The average Bonchev–Trinajstić information content (AvgIpc) is 2.41. The Hall–Kier alpha value is -1.66. The standard InChI is InChI=1S/C14H22FN3O2/c1-10(2)20-9-4-3-8-17-14(19)11-6-5-7-12(15)13(11)18-16/h5-7,10,18H,3-4,8-9,16H2,1-2H3,(H,17,19). The number of hydrogen-bond acceptors (Lipinski definition) is 4. The van der Waals surface area contributed by atoms with E-state index in [1.54, 1.807) is 0 Å². The highest BCUT2D eigenvalue weighted by Gasteiger charge is 2.13. The van der Waals surface area contributed by atoms with E-state index >= 15 is 0 Å². The molecule has 0 aliphatic carbocycles. The molecule has 5 nitrogen and oxygen atoms in total. The zero-order valence-electron chi connectivity index (χ0n) is 11.9. The molecule has 0 aromatic heterocycles. The molecular formula is C14H22FN3O2. The van der Waals surface area contributed by atoms with Crippen molar-refractivity contribution >= 4 is 11.6 Å². The van der Waals surface area contributed by atoms with Gasteiger partial charge in [0.25, 0.3) is 5.91 Å². The maximum absolute atomic E-state index is 13.4. The molecule has 1 aromatic rings. The molecule has 0 radical (unpaired) electrons. The third kappa shape index (κ3) is 5.14. The molecule has 6 heteroatoms. The van der Waals surface area contributed by atoms with Gasteiger partial charge in [-0.3, -0.25) is 10.6 Å². The number of benzene rings is 1. The van der Waals surface area contributed by atoms with Crippen LogP contribution in [0.25, 0.3) is 0 Å². The highest BCUT2D eigenvalue weighted by molar-refractivity contribution is 5.99. The van der Waals surface area contributed by atoms with Crippen LogP contribution in [-0.4, -0.2) is 25.2 Å². The summed E-state index contributed by atoms with van der Waals surface area (Å²) in [6, 6.07) is 4.24. The molecule has 4 N–H and O–H groups in total. The van der Waals surface area contributed by atoms with Crippen molar-refractivity contribution in [3.63, 3.8) is 0 Å². The number of para-hydroxylation sites is 1. The van der Waals surface area contributed by atoms with Gasteiger partial charge < -0.3 is 15.5 Å². The molecule has 0 unspecified atom stereocenters. The maximum atomic E-state index is 13.4. The van der Waals surface area contributed by atoms with Crippen molar-refractivity contribution in [2.45, 2.75) is 32.8 Å². The summed E-state index contributed by atoms with van der Waals surface area (Å²) in [6.45, 7) is 5.14. The number of hydrogen-bond donors (Lipinski definition) is 3. The van der Waals surface area contributed by atoms with Gasteiger partial charge in [0.15, 0.2) is 0 Å². The lowest BCUT2D eigenvalue weighted by Gasteiger charge is -2.11. The molecule has 0 fully saturated rings. The highest BCUT2D eigenvalue weighted by Crippen LogP contribution is 2.18. The minimum absolute atomic E-state index is 0.00754. The average molecular weight is 283 g/mol. The van der Waals surface area contributed by atoms with Crippen LogP contribution in [0.5, 0.6) is 0 Å². The largest absolute Gasteiger partial charge is 0.379 e. The van der Waals surface area contributed by atoms with E-state index in [0.29, 0.717) is 13.2 Å². The van der Waals surface area contributed by atoms with Crippen LogP contribution in [0, 0.1) is 5.82 Å². The van der Waals surface area contributed by atoms with Crippen LogP contribution in [0.15, 0.2) is 18.2 Å². The Morgan fingerprint density at radius 3 is 2.80 bits per heavy atom. The number of nitrogens with two attached hydrogens (primary N) is 1. The number of hydrazine groups is 1. The van der Waals surface area contributed by atoms with Gasteiger partial charge in [0.05, 0.1) is 17.4 Å². The number of anilines is 1. The number of rotatable bonds is 8. The first kappa shape index (κ1) is 16.4. The Morgan fingerprint density at radius 1 is 1.40 bits per heavy atom. The highest BCUT2D eigenvalue weighted by atomic mass is 19.1. The Balaban J connectivity index is 2.38. The number of amides is 1. The van der Waals surface area contributed by atoms with Gasteiger partial charge in [-0.2, -0.15) is 0 Å². The second-order valence-electron chi connectivity index (χ2n) is 4.69. The van der Waals surface area contributed by atoms with Crippen molar-refractivity contribution < 1.29 is 13.9 Å². The maximum Gasteiger partial charge on any atom is 0.253 e. The van der Waals surface area contributed by atoms with E-state index < -0.39 is 5.82 Å². The zero-order chi connectivity index (χ0) is 15.0. The number of carbonyl (C=O) groups excluding carboxylic acids is 1. The van der Waals surface area contributed by atoms with Crippen LogP contribution in [-0.2, 0) is 4.74 Å². The van der Waals surface area contributed by atoms with Crippen molar-refractivity contribution in [3.8, 4) is 0 Å². The summed E-state index contributed by atoms with van der Waals surface area (Å²) in [6.07, 6.45) is 1.89. The lowest BCUT2D eigenvalue weighted by molar-refractivity contribution is 0.0754. The number of unbranched alkanes of at least 4 members (excludes halogenated alkanes) is 1. The first-order valence-electron chi connectivity index (χ1n) is 6.71. The van der Waals surface area contributed by atoms with E-state index in [2.05, 4.69) is 10.7 Å². The number of nitrogens with one attached hydrogen (secondary N) is 2. The van der Waals surface area contributed by atoms with E-state index in [1.165, 1.54) is 18.2 Å². The van der Waals surface area contributed by atoms with Gasteiger partial charge in [0, 0.05) is 13.2 Å². The summed E-state index contributed by atoms with van der Waals surface area (Å²) in [4.78, 5) is 11.9. The minimum Gasteiger partial charge on any atom is -0.379 e. The summed E-state index contributed by atoms with van der Waals surface area (Å²) in [7, 11) is 0. The van der Waals surface area contributed by atoms with Gasteiger partial charge in [-0.1, -0.05) is 6.07 Å². The summed E-state index contributed by atoms with van der Waals surface area (Å²) < 4.78 is 18.8. The first-order chi connectivity index (χ1) is 9.56. The predicted molar refractivity (Wildman–Crippen MR) is 76.9 cm³/mol. The third-order valence-corrected chi connectivity index (χ3v) is 2.71. The number of carbonyl (C=O) groups is 1. The molecule has 0 bridgehead atoms. The fraction of sp³-hybridized carbons (Fsp3) is 0.500. The Morgan fingerprint density at radius 2 is 2.15 bits per heavy atom. The van der Waals surface area contributed by atoms with E-state index in [0.717, 1.165) is 12.8 Å². The predicted octanol–water partition coefficient (Wildman–Crippen LogP) is 2.05. The van der Waals surface area contributed by atoms with Crippen molar-refractivity contribution in [2.75, 3.05) is 18.6 Å². The van der Waals surface area contributed by atoms with E-state index in [-0.39, 0.29) is 23.3 Å². The normalized spacial score (nSPS) is 10.7. The molecule has 20 heavy (non-hydrogen) atoms. The lowest BCUT2D eigenvalue weighted by atomic mass is 10.1. The molecule has 1 rings (SSSR count). The van der Waals surface area contributed by atoms with Crippen LogP contribution in [0.4, 0.5) is 10.1 Å². The number of halogens is 1. The molecule has 0 spiro atoms. The van der Waals surface area contributed by atoms with Crippen molar-refractivity contribution in [2.24, 2.45) is 5.84 Å². The van der Waals surface area contributed by atoms with Gasteiger partial charge in [0.2, 0.25) is 0 Å². The summed E-state index contributed by atoms with van der Waals surface area (Å²) in [5, 5.41) is 2.73. The van der Waals surface area contributed by atoms with E-state index in [4.69, 9.17) is 10.6 Å². The van der Waals surface area contributed by atoms with Crippen LogP contribution < -0.4 is 16.6 Å². The zero-order valence-corrected chi connectivity index (χ0v) is 11.9. The molecule has 0 aliphatic rings. The molecule has 1 amide bonds. The first-order valence-corrected chi connectivity index (χ1v) is 6.71. The quantitative estimate of drug-likeness (QED) is 0.388. The number of nitrogen functional groups attached to an aromatic ring is 1. The van der Waals surface area contributed by atoms with Gasteiger partial charge in [-0.15, -0.1) is 0 Å². The van der Waals surface area contributed by atoms with Gasteiger partial charge in [0.1, 0.15) is 5.82 Å². The molecule has 0 atom stereocenters. The fourth-order valence-corrected chi connectivity index (χ4v) is 1.70. The van der Waals surface area contributed by atoms with Gasteiger partial charge in [-0.25, -0.2) is 4.39 Å². The van der Waals surface area contributed by atoms with Crippen LogP contribution >= 0.6 is 0 Å². The number of ether oxygens (including phenoxy) is 1. The van der Waals surface area contributed by atoms with Crippen LogP contribution in [0.1, 0.15) is 37.0 Å². The third-order valence-electron chi connectivity index (χ3n) is 2.71. The molecule has 0 aliphatic heterocycles. The second kappa shape index (κ2) is 8.50. The Labute approximate surface area is 118 Å². The summed E-state index contributed by atoms with van der Waals surface area (Å²) >= 11 is 0. The second-order valence-corrected chi connectivity index (χ2v) is 4.69. The lowest BCUT2D eigenvalue weighted by Crippen LogP contribution is -2.26. The molecule has 0 heterocycles. The minimum atomic E-state index is -0.550. The molecule has 1 aromatic carbocycles. The molecule has 112 valence electrons. The summed E-state index contributed by atoms with van der Waals surface area (Å²) in [5.74, 6) is 4.33. The van der Waals surface area contributed by atoms with Gasteiger partial charge >= 0.3 is 0 Å². The Kier molecular flexibility index (Phi) is 6.97. The molecule has 0 saturated heterocycles. The van der Waals surface area contributed by atoms with Crippen molar-refractivity contribution in [1.82, 2.24) is 5.32 Å². The van der Waals surface area contributed by atoms with Crippen LogP contribution in [0.2, 0.25) is 0 Å². The Bertz CT molecular complexity index is 438. The fourth-order valence-electron chi connectivity index (χ4n) is 1.70. The SMILES string of the molecule is CC(C)OCCCCNC(=O)c1cccc(F)c1NN. The topological polar surface area (TPSA) is 76.4 Å². The summed E-state index contributed by atoms with van der Waals surface area (Å²) in [5.41, 5.74) is 2.42. The smallest absolute Gasteiger partial charge is 0.253 e. The van der Waals surface area contributed by atoms with Gasteiger partial charge in [-0.05, 0) is 38.8 Å². The van der Waals surface area contributed by atoms with E-state index in [9.17, 15) is 9.18 Å².